The van der Waals surface area contributed by atoms with Gasteiger partial charge in [-0.15, -0.1) is 0 Å². The number of ether oxygens (including phenoxy) is 1. The fourth-order valence-electron chi connectivity index (χ4n) is 1.95. The Hall–Kier alpha value is -1.43. The van der Waals surface area contributed by atoms with Crippen LogP contribution in [0, 0.1) is 6.92 Å². The summed E-state index contributed by atoms with van der Waals surface area (Å²) in [4.78, 5) is 4.39. The summed E-state index contributed by atoms with van der Waals surface area (Å²) in [5.41, 5.74) is 3.37. The van der Waals surface area contributed by atoms with E-state index in [2.05, 4.69) is 40.0 Å². The van der Waals surface area contributed by atoms with Crippen molar-refractivity contribution in [3.8, 4) is 0 Å². The van der Waals surface area contributed by atoms with Crippen LogP contribution in [0.4, 0.5) is 0 Å². The number of nitrogens with zero attached hydrogens (tertiary/aromatic N) is 2. The summed E-state index contributed by atoms with van der Waals surface area (Å²) < 4.78 is 7.30. The van der Waals surface area contributed by atoms with Crippen molar-refractivity contribution in [2.45, 2.75) is 19.9 Å². The molecule has 0 bridgehead atoms. The molecule has 19 heavy (non-hydrogen) atoms. The summed E-state index contributed by atoms with van der Waals surface area (Å²) in [6.45, 7) is 4.95. The Kier molecular flexibility index (Phi) is 5.32. The molecule has 2 heterocycles. The van der Waals surface area contributed by atoms with Gasteiger partial charge in [0.2, 0.25) is 0 Å². The van der Waals surface area contributed by atoms with Crippen LogP contribution in [0.15, 0.2) is 24.5 Å². The second-order valence-corrected chi connectivity index (χ2v) is 4.55. The van der Waals surface area contributed by atoms with Crippen molar-refractivity contribution in [1.29, 1.82) is 0 Å². The number of aromatic nitrogens is 2. The molecule has 0 fully saturated rings. The molecule has 0 radical (unpaired) electrons. The Bertz CT molecular complexity index is 510. The lowest BCUT2D eigenvalue weighted by Gasteiger charge is -2.05. The molecule has 0 saturated heterocycles. The minimum atomic E-state index is 0.0919. The summed E-state index contributed by atoms with van der Waals surface area (Å²) in [5.74, 6) is 0. The lowest BCUT2D eigenvalue weighted by atomic mass is 10.3. The van der Waals surface area contributed by atoms with Crippen LogP contribution in [0.1, 0.15) is 17.7 Å². The van der Waals surface area contributed by atoms with Gasteiger partial charge in [-0.3, -0.25) is 0 Å². The predicted octanol–water partition coefficient (Wildman–Crippen LogP) is 1.13. The molecule has 0 aliphatic rings. The van der Waals surface area contributed by atoms with Crippen molar-refractivity contribution in [1.82, 2.24) is 14.7 Å². The minimum Gasteiger partial charge on any atom is -0.394 e. The number of aryl methyl sites for hydroxylation is 1. The van der Waals surface area contributed by atoms with Crippen LogP contribution < -0.4 is 5.32 Å². The van der Waals surface area contributed by atoms with Gasteiger partial charge in [0.05, 0.1) is 25.1 Å². The summed E-state index contributed by atoms with van der Waals surface area (Å²) in [6, 6.07) is 4.16. The van der Waals surface area contributed by atoms with Crippen LogP contribution in [0.2, 0.25) is 0 Å². The third-order valence-electron chi connectivity index (χ3n) is 2.93. The monoisotopic (exact) mass is 263 g/mol. The molecular formula is C14H21N3O2. The van der Waals surface area contributed by atoms with Crippen molar-refractivity contribution in [2.24, 2.45) is 0 Å². The minimum absolute atomic E-state index is 0.0919. The van der Waals surface area contributed by atoms with Crippen LogP contribution in [0.3, 0.4) is 0 Å². The van der Waals surface area contributed by atoms with Gasteiger partial charge in [-0.1, -0.05) is 0 Å². The molecule has 0 saturated carbocycles. The van der Waals surface area contributed by atoms with E-state index in [0.717, 1.165) is 30.9 Å². The number of hydrogen-bond donors (Lipinski definition) is 2. The van der Waals surface area contributed by atoms with E-state index in [9.17, 15) is 0 Å². The van der Waals surface area contributed by atoms with E-state index in [1.165, 1.54) is 5.56 Å². The van der Waals surface area contributed by atoms with E-state index in [4.69, 9.17) is 9.84 Å². The Morgan fingerprint density at radius 2 is 2.32 bits per heavy atom. The van der Waals surface area contributed by atoms with E-state index in [1.54, 1.807) is 0 Å². The molecule has 0 aliphatic heterocycles. The molecular weight excluding hydrogens is 242 g/mol. The Morgan fingerprint density at radius 1 is 1.42 bits per heavy atom. The van der Waals surface area contributed by atoms with Gasteiger partial charge in [-0.25, -0.2) is 4.98 Å². The van der Waals surface area contributed by atoms with Gasteiger partial charge >= 0.3 is 0 Å². The average molecular weight is 263 g/mol. The van der Waals surface area contributed by atoms with Crippen molar-refractivity contribution < 1.29 is 9.84 Å². The lowest BCUT2D eigenvalue weighted by Crippen LogP contribution is -2.17. The largest absolute Gasteiger partial charge is 0.394 e. The number of aliphatic hydroxyl groups excluding tert-OH is 1. The highest BCUT2D eigenvalue weighted by Gasteiger charge is 2.02. The van der Waals surface area contributed by atoms with E-state index >= 15 is 0 Å². The first-order chi connectivity index (χ1) is 9.31. The third-order valence-corrected chi connectivity index (χ3v) is 2.93. The van der Waals surface area contributed by atoms with E-state index in [1.807, 2.05) is 6.20 Å². The van der Waals surface area contributed by atoms with Gasteiger partial charge in [0, 0.05) is 19.3 Å². The van der Waals surface area contributed by atoms with Crippen LogP contribution in [-0.2, 0) is 11.3 Å². The van der Waals surface area contributed by atoms with E-state index in [0.29, 0.717) is 13.2 Å². The predicted molar refractivity (Wildman–Crippen MR) is 74.2 cm³/mol. The average Bonchev–Trinajstić information content (AvgIpc) is 2.80. The smallest absolute Gasteiger partial charge is 0.137 e. The maximum absolute atomic E-state index is 8.56. The van der Waals surface area contributed by atoms with Gasteiger partial charge in [-0.2, -0.15) is 0 Å². The molecule has 2 rings (SSSR count). The van der Waals surface area contributed by atoms with Crippen LogP contribution >= 0.6 is 0 Å². The second kappa shape index (κ2) is 7.23. The fraction of sp³-hybridized carbons (Fsp3) is 0.500. The third kappa shape index (κ3) is 4.02. The van der Waals surface area contributed by atoms with E-state index in [-0.39, 0.29) is 6.61 Å². The summed E-state index contributed by atoms with van der Waals surface area (Å²) in [5, 5.41) is 11.9. The first-order valence-corrected chi connectivity index (χ1v) is 6.63. The number of hydrogen-bond acceptors (Lipinski definition) is 4. The van der Waals surface area contributed by atoms with Crippen molar-refractivity contribution in [3.05, 3.63) is 35.8 Å². The number of rotatable bonds is 8. The molecule has 0 atom stereocenters. The molecule has 5 nitrogen and oxygen atoms in total. The molecule has 2 N–H and O–H groups in total. The highest BCUT2D eigenvalue weighted by atomic mass is 16.5. The Morgan fingerprint density at radius 3 is 3.16 bits per heavy atom. The summed E-state index contributed by atoms with van der Waals surface area (Å²) in [6.07, 6.45) is 4.90. The van der Waals surface area contributed by atoms with Crippen molar-refractivity contribution >= 4 is 5.65 Å². The quantitative estimate of drug-likeness (QED) is 0.701. The maximum Gasteiger partial charge on any atom is 0.137 e. The van der Waals surface area contributed by atoms with Gasteiger partial charge in [0.25, 0.3) is 0 Å². The zero-order valence-corrected chi connectivity index (χ0v) is 11.3. The first-order valence-electron chi connectivity index (χ1n) is 6.63. The molecule has 0 aliphatic carbocycles. The number of aliphatic hydroxyl groups is 1. The lowest BCUT2D eigenvalue weighted by molar-refractivity contribution is 0.0907. The van der Waals surface area contributed by atoms with Crippen molar-refractivity contribution in [3.63, 3.8) is 0 Å². The highest BCUT2D eigenvalue weighted by molar-refractivity contribution is 5.42. The molecule has 104 valence electrons. The molecule has 0 unspecified atom stereocenters. The number of imidazole rings is 1. The summed E-state index contributed by atoms with van der Waals surface area (Å²) >= 11 is 0. The first kappa shape index (κ1) is 14.0. The molecule has 0 amide bonds. The number of pyridine rings is 1. The molecule has 5 heteroatoms. The normalized spacial score (nSPS) is 11.3. The highest BCUT2D eigenvalue weighted by Crippen LogP contribution is 2.08. The second-order valence-electron chi connectivity index (χ2n) is 4.55. The van der Waals surface area contributed by atoms with Gasteiger partial charge in [0.1, 0.15) is 5.65 Å². The van der Waals surface area contributed by atoms with Gasteiger partial charge in [0.15, 0.2) is 0 Å². The molecule has 0 spiro atoms. The SMILES string of the molecule is Cc1ccn2c(CNCCCOCCO)cnc2c1. The summed E-state index contributed by atoms with van der Waals surface area (Å²) in [7, 11) is 0. The van der Waals surface area contributed by atoms with Gasteiger partial charge < -0.3 is 19.6 Å². The maximum atomic E-state index is 8.56. The Labute approximate surface area is 113 Å². The molecule has 2 aromatic heterocycles. The van der Waals surface area contributed by atoms with Crippen LogP contribution in [-0.4, -0.2) is 40.9 Å². The molecule has 0 aromatic carbocycles. The van der Waals surface area contributed by atoms with Crippen molar-refractivity contribution in [2.75, 3.05) is 26.4 Å². The van der Waals surface area contributed by atoms with Gasteiger partial charge in [-0.05, 0) is 37.6 Å². The fourth-order valence-corrected chi connectivity index (χ4v) is 1.95. The standard InChI is InChI=1S/C14H21N3O2/c1-12-3-5-17-13(11-16-14(17)9-12)10-15-4-2-7-19-8-6-18/h3,5,9,11,15,18H,2,4,6-8,10H2,1H3. The number of nitrogens with one attached hydrogen (secondary N) is 1. The van der Waals surface area contributed by atoms with E-state index < -0.39 is 0 Å². The topological polar surface area (TPSA) is 58.8 Å². The molecule has 2 aromatic rings. The number of fused-ring (bicyclic) bond motifs is 1. The zero-order chi connectivity index (χ0) is 13.5. The van der Waals surface area contributed by atoms with Crippen LogP contribution in [0.5, 0.6) is 0 Å². The van der Waals surface area contributed by atoms with Crippen LogP contribution in [0.25, 0.3) is 5.65 Å². The Balaban J connectivity index is 1.76. The zero-order valence-electron chi connectivity index (χ0n) is 11.3.